The van der Waals surface area contributed by atoms with Crippen molar-refractivity contribution in [1.29, 1.82) is 0 Å². The molecule has 0 heterocycles. The Labute approximate surface area is 154 Å². The molecule has 0 spiro atoms. The van der Waals surface area contributed by atoms with E-state index in [0.717, 1.165) is 5.75 Å². The van der Waals surface area contributed by atoms with Gasteiger partial charge in [-0.2, -0.15) is 11.8 Å². The zero-order valence-electron chi connectivity index (χ0n) is 16.0. The SMILES string of the molecule is CCCCCCCCCCCCCSCC=C=CCCC(=O)OC. The van der Waals surface area contributed by atoms with Gasteiger partial charge in [-0.05, 0) is 30.7 Å². The number of carbonyl (C=O) groups excluding carboxylic acids is 1. The first-order chi connectivity index (χ1) is 11.8. The van der Waals surface area contributed by atoms with Crippen molar-refractivity contribution in [1.82, 2.24) is 0 Å². The van der Waals surface area contributed by atoms with Crippen molar-refractivity contribution in [3.63, 3.8) is 0 Å². The van der Waals surface area contributed by atoms with E-state index in [-0.39, 0.29) is 5.97 Å². The average Bonchev–Trinajstić information content (AvgIpc) is 2.60. The quantitative estimate of drug-likeness (QED) is 0.165. The van der Waals surface area contributed by atoms with E-state index in [1.807, 2.05) is 17.8 Å². The predicted molar refractivity (Wildman–Crippen MR) is 108 cm³/mol. The van der Waals surface area contributed by atoms with E-state index in [9.17, 15) is 4.79 Å². The van der Waals surface area contributed by atoms with Crippen LogP contribution in [-0.4, -0.2) is 24.6 Å². The van der Waals surface area contributed by atoms with E-state index in [2.05, 4.69) is 23.5 Å². The fourth-order valence-electron chi connectivity index (χ4n) is 2.52. The Balaban J connectivity index is 3.17. The Hall–Kier alpha value is -0.660. The highest BCUT2D eigenvalue weighted by atomic mass is 32.2. The lowest BCUT2D eigenvalue weighted by Gasteiger charge is -2.02. The van der Waals surface area contributed by atoms with Gasteiger partial charge in [0.15, 0.2) is 0 Å². The summed E-state index contributed by atoms with van der Waals surface area (Å²) in [5.41, 5.74) is 3.13. The van der Waals surface area contributed by atoms with Crippen molar-refractivity contribution in [2.75, 3.05) is 18.6 Å². The Morgan fingerprint density at radius 3 is 2.08 bits per heavy atom. The molecule has 0 fully saturated rings. The first kappa shape index (κ1) is 23.3. The van der Waals surface area contributed by atoms with Gasteiger partial charge in [-0.3, -0.25) is 4.79 Å². The van der Waals surface area contributed by atoms with Gasteiger partial charge in [0, 0.05) is 12.2 Å². The van der Waals surface area contributed by atoms with Gasteiger partial charge in [-0.1, -0.05) is 71.1 Å². The molecule has 24 heavy (non-hydrogen) atoms. The molecule has 0 aromatic rings. The molecule has 0 amide bonds. The van der Waals surface area contributed by atoms with Gasteiger partial charge >= 0.3 is 5.97 Å². The van der Waals surface area contributed by atoms with Crippen molar-refractivity contribution in [2.24, 2.45) is 0 Å². The second-order valence-electron chi connectivity index (χ2n) is 6.30. The van der Waals surface area contributed by atoms with Gasteiger partial charge in [-0.25, -0.2) is 0 Å². The second kappa shape index (κ2) is 20.4. The van der Waals surface area contributed by atoms with Gasteiger partial charge < -0.3 is 4.74 Å². The largest absolute Gasteiger partial charge is 0.469 e. The molecule has 0 aliphatic heterocycles. The van der Waals surface area contributed by atoms with E-state index < -0.39 is 0 Å². The van der Waals surface area contributed by atoms with Crippen LogP contribution in [0.25, 0.3) is 0 Å². The molecule has 0 bridgehead atoms. The number of ether oxygens (including phenoxy) is 1. The van der Waals surface area contributed by atoms with Gasteiger partial charge in [0.2, 0.25) is 0 Å². The summed E-state index contributed by atoms with van der Waals surface area (Å²) in [4.78, 5) is 10.9. The third-order valence-corrected chi connectivity index (χ3v) is 5.03. The molecule has 0 aliphatic carbocycles. The number of hydrogen-bond donors (Lipinski definition) is 0. The zero-order valence-corrected chi connectivity index (χ0v) is 16.8. The van der Waals surface area contributed by atoms with Crippen LogP contribution >= 0.6 is 11.8 Å². The molecule has 2 nitrogen and oxygen atoms in total. The lowest BCUT2D eigenvalue weighted by molar-refractivity contribution is -0.140. The minimum Gasteiger partial charge on any atom is -0.469 e. The number of carbonyl (C=O) groups is 1. The summed E-state index contributed by atoms with van der Waals surface area (Å²) in [6.07, 6.45) is 20.6. The number of rotatable bonds is 17. The van der Waals surface area contributed by atoms with E-state index in [0.29, 0.717) is 12.8 Å². The minimum absolute atomic E-state index is 0.154. The molecule has 0 saturated carbocycles. The Kier molecular flexibility index (Phi) is 19.8. The van der Waals surface area contributed by atoms with Crippen LogP contribution in [0.2, 0.25) is 0 Å². The summed E-state index contributed by atoms with van der Waals surface area (Å²) in [5, 5.41) is 0. The Morgan fingerprint density at radius 2 is 1.50 bits per heavy atom. The van der Waals surface area contributed by atoms with Crippen LogP contribution in [0.3, 0.4) is 0 Å². The van der Waals surface area contributed by atoms with Gasteiger partial charge in [0.05, 0.1) is 7.11 Å². The maximum Gasteiger partial charge on any atom is 0.305 e. The molecule has 0 rings (SSSR count). The number of esters is 1. The number of unbranched alkanes of at least 4 members (excludes halogenated alkanes) is 10. The first-order valence-corrected chi connectivity index (χ1v) is 11.0. The van der Waals surface area contributed by atoms with Crippen LogP contribution in [0.1, 0.15) is 90.4 Å². The van der Waals surface area contributed by atoms with Gasteiger partial charge in [-0.15, -0.1) is 5.73 Å². The second-order valence-corrected chi connectivity index (χ2v) is 7.45. The smallest absolute Gasteiger partial charge is 0.305 e. The maximum absolute atomic E-state index is 10.9. The minimum atomic E-state index is -0.154. The zero-order chi connectivity index (χ0) is 17.7. The van der Waals surface area contributed by atoms with Gasteiger partial charge in [0.1, 0.15) is 0 Å². The molecule has 0 aromatic carbocycles. The Bertz CT molecular complexity index is 333. The highest BCUT2D eigenvalue weighted by Gasteiger charge is 1.95. The molecule has 0 aliphatic rings. The van der Waals surface area contributed by atoms with Crippen molar-refractivity contribution in [3.05, 3.63) is 17.9 Å². The van der Waals surface area contributed by atoms with Crippen molar-refractivity contribution in [3.8, 4) is 0 Å². The lowest BCUT2D eigenvalue weighted by Crippen LogP contribution is -1.97. The van der Waals surface area contributed by atoms with Crippen LogP contribution < -0.4 is 0 Å². The molecule has 0 N–H and O–H groups in total. The molecular formula is C21H38O2S. The van der Waals surface area contributed by atoms with E-state index in [1.165, 1.54) is 83.5 Å². The number of methoxy groups -OCH3 is 1. The van der Waals surface area contributed by atoms with E-state index in [4.69, 9.17) is 0 Å². The van der Waals surface area contributed by atoms with Crippen LogP contribution in [0.15, 0.2) is 17.9 Å². The molecule has 0 unspecified atom stereocenters. The highest BCUT2D eigenvalue weighted by Crippen LogP contribution is 2.12. The molecule has 140 valence electrons. The fourth-order valence-corrected chi connectivity index (χ4v) is 3.31. The van der Waals surface area contributed by atoms with Crippen molar-refractivity contribution >= 4 is 17.7 Å². The van der Waals surface area contributed by atoms with Crippen LogP contribution in [0, 0.1) is 0 Å². The normalized spacial score (nSPS) is 10.2. The molecule has 0 radical (unpaired) electrons. The molecule has 0 saturated heterocycles. The molecular weight excluding hydrogens is 316 g/mol. The summed E-state index contributed by atoms with van der Waals surface area (Å²) in [6.45, 7) is 2.28. The van der Waals surface area contributed by atoms with Gasteiger partial charge in [0.25, 0.3) is 0 Å². The molecule has 0 aromatic heterocycles. The maximum atomic E-state index is 10.9. The van der Waals surface area contributed by atoms with E-state index in [1.54, 1.807) is 0 Å². The number of hydrogen-bond acceptors (Lipinski definition) is 3. The summed E-state index contributed by atoms with van der Waals surface area (Å²) >= 11 is 1.97. The van der Waals surface area contributed by atoms with Crippen molar-refractivity contribution in [2.45, 2.75) is 90.4 Å². The number of thioether (sulfide) groups is 1. The third kappa shape index (κ3) is 19.4. The average molecular weight is 355 g/mol. The monoisotopic (exact) mass is 354 g/mol. The molecule has 0 atom stereocenters. The van der Waals surface area contributed by atoms with Crippen LogP contribution in [0.4, 0.5) is 0 Å². The third-order valence-electron chi connectivity index (χ3n) is 4.05. The highest BCUT2D eigenvalue weighted by molar-refractivity contribution is 7.99. The topological polar surface area (TPSA) is 26.3 Å². The summed E-state index contributed by atoms with van der Waals surface area (Å²) in [7, 11) is 1.42. The lowest BCUT2D eigenvalue weighted by atomic mass is 10.1. The summed E-state index contributed by atoms with van der Waals surface area (Å²) in [6, 6.07) is 0. The fraction of sp³-hybridized carbons (Fsp3) is 0.810. The van der Waals surface area contributed by atoms with Crippen LogP contribution in [-0.2, 0) is 9.53 Å². The molecule has 3 heteroatoms. The first-order valence-electron chi connectivity index (χ1n) is 9.85. The summed E-state index contributed by atoms with van der Waals surface area (Å²) < 4.78 is 4.58. The summed E-state index contributed by atoms with van der Waals surface area (Å²) in [5.74, 6) is 2.11. The standard InChI is InChI=1S/C21H38O2S/c1-3-4-5-6-7-8-9-10-11-13-16-19-24-20-17-14-12-15-18-21(22)23-2/h12,17H,3-11,13,15-16,18-20H2,1-2H3. The van der Waals surface area contributed by atoms with Crippen molar-refractivity contribution < 1.29 is 9.53 Å². The predicted octanol–water partition coefficient (Wildman–Crippen LogP) is 6.70. The van der Waals surface area contributed by atoms with Crippen LogP contribution in [0.5, 0.6) is 0 Å². The van der Waals surface area contributed by atoms with E-state index >= 15 is 0 Å². The Morgan fingerprint density at radius 1 is 0.917 bits per heavy atom.